The third kappa shape index (κ3) is 5.23. The maximum Gasteiger partial charge on any atom is 0.293 e. The summed E-state index contributed by atoms with van der Waals surface area (Å²) in [5.74, 6) is -3.43. The zero-order chi connectivity index (χ0) is 8.20. The van der Waals surface area contributed by atoms with Crippen LogP contribution in [0.25, 0.3) is 0 Å². The van der Waals surface area contributed by atoms with E-state index in [0.717, 1.165) is 6.08 Å². The van der Waals surface area contributed by atoms with Crippen LogP contribution in [-0.2, 0) is 4.79 Å². The van der Waals surface area contributed by atoms with Crippen molar-refractivity contribution in [2.75, 3.05) is 6.54 Å². The van der Waals surface area contributed by atoms with Gasteiger partial charge < -0.3 is 20.6 Å². The van der Waals surface area contributed by atoms with Crippen molar-refractivity contribution in [2.45, 2.75) is 5.97 Å². The molecule has 0 saturated heterocycles. The van der Waals surface area contributed by atoms with Crippen molar-refractivity contribution in [2.24, 2.45) is 0 Å². The van der Waals surface area contributed by atoms with Gasteiger partial charge in [0.25, 0.3) is 5.97 Å². The second kappa shape index (κ2) is 3.31. The van der Waals surface area contributed by atoms with Crippen molar-refractivity contribution >= 4 is 5.91 Å². The molecule has 0 aromatic rings. The molecule has 5 nitrogen and oxygen atoms in total. The Labute approximate surface area is 57.6 Å². The summed E-state index contributed by atoms with van der Waals surface area (Å²) in [4.78, 5) is 10.3. The molecule has 0 aliphatic rings. The third-order valence-corrected chi connectivity index (χ3v) is 0.685. The summed E-state index contributed by atoms with van der Waals surface area (Å²) in [5, 5.41) is 26.6. The van der Waals surface area contributed by atoms with E-state index in [2.05, 4.69) is 6.58 Å². The average Bonchev–Trinajstić information content (AvgIpc) is 1.81. The summed E-state index contributed by atoms with van der Waals surface area (Å²) in [7, 11) is 0. The Balaban J connectivity index is 3.55. The molecule has 0 rings (SSSR count). The molecule has 0 saturated carbocycles. The lowest BCUT2D eigenvalue weighted by Gasteiger charge is -2.13. The zero-order valence-corrected chi connectivity index (χ0v) is 5.24. The fraction of sp³-hybridized carbons (Fsp3) is 0.400. The molecule has 0 spiro atoms. The molecule has 10 heavy (non-hydrogen) atoms. The lowest BCUT2D eigenvalue weighted by Crippen LogP contribution is -2.41. The molecular formula is C5H9NO4. The van der Waals surface area contributed by atoms with Gasteiger partial charge in [-0.15, -0.1) is 0 Å². The summed E-state index contributed by atoms with van der Waals surface area (Å²) in [5.41, 5.74) is 0. The molecular weight excluding hydrogens is 138 g/mol. The van der Waals surface area contributed by atoms with Crippen molar-refractivity contribution < 1.29 is 20.1 Å². The van der Waals surface area contributed by atoms with E-state index in [0.29, 0.717) is 0 Å². The van der Waals surface area contributed by atoms with Gasteiger partial charge in [-0.3, -0.25) is 4.79 Å². The minimum atomic E-state index is -2.85. The summed E-state index contributed by atoms with van der Waals surface area (Å²) in [6, 6.07) is 0. The molecule has 0 heterocycles. The molecule has 4 N–H and O–H groups in total. The fourth-order valence-electron chi connectivity index (χ4n) is 0.278. The number of carbonyl (C=O) groups is 1. The predicted molar refractivity (Wildman–Crippen MR) is 32.6 cm³/mol. The Bertz CT molecular complexity index is 137. The average molecular weight is 147 g/mol. The molecule has 0 unspecified atom stereocenters. The van der Waals surface area contributed by atoms with Gasteiger partial charge in [0.15, 0.2) is 0 Å². The van der Waals surface area contributed by atoms with E-state index in [1.165, 1.54) is 0 Å². The van der Waals surface area contributed by atoms with Crippen LogP contribution in [0.5, 0.6) is 0 Å². The first-order chi connectivity index (χ1) is 4.45. The van der Waals surface area contributed by atoms with Crippen molar-refractivity contribution in [3.05, 3.63) is 12.7 Å². The SMILES string of the molecule is C=CC(=O)NCC(O)(O)O. The minimum absolute atomic E-state index is 0.582. The number of hydrogen-bond donors (Lipinski definition) is 4. The van der Waals surface area contributed by atoms with E-state index in [-0.39, 0.29) is 0 Å². The largest absolute Gasteiger partial charge is 0.344 e. The van der Waals surface area contributed by atoms with E-state index in [1.807, 2.05) is 5.32 Å². The van der Waals surface area contributed by atoms with Gasteiger partial charge in [-0.1, -0.05) is 6.58 Å². The fourth-order valence-corrected chi connectivity index (χ4v) is 0.278. The highest BCUT2D eigenvalue weighted by Gasteiger charge is 2.17. The van der Waals surface area contributed by atoms with Crippen LogP contribution in [-0.4, -0.2) is 33.7 Å². The first-order valence-corrected chi connectivity index (χ1v) is 2.53. The van der Waals surface area contributed by atoms with E-state index in [1.54, 1.807) is 0 Å². The van der Waals surface area contributed by atoms with Gasteiger partial charge in [-0.05, 0) is 6.08 Å². The van der Waals surface area contributed by atoms with Crippen LogP contribution >= 0.6 is 0 Å². The molecule has 0 bridgehead atoms. The van der Waals surface area contributed by atoms with Crippen molar-refractivity contribution in [1.29, 1.82) is 0 Å². The molecule has 0 radical (unpaired) electrons. The topological polar surface area (TPSA) is 89.8 Å². The second-order valence-electron chi connectivity index (χ2n) is 1.70. The Hall–Kier alpha value is -0.910. The molecule has 58 valence electrons. The molecule has 0 fully saturated rings. The van der Waals surface area contributed by atoms with Crippen LogP contribution in [0, 0.1) is 0 Å². The second-order valence-corrected chi connectivity index (χ2v) is 1.70. The number of aliphatic hydroxyl groups is 3. The third-order valence-electron chi connectivity index (χ3n) is 0.685. The van der Waals surface area contributed by atoms with Gasteiger partial charge in [0.1, 0.15) is 0 Å². The van der Waals surface area contributed by atoms with Crippen LogP contribution in [0.2, 0.25) is 0 Å². The van der Waals surface area contributed by atoms with Gasteiger partial charge in [0.2, 0.25) is 5.91 Å². The standard InChI is InChI=1S/C5H9NO4/c1-2-4(7)6-3-5(8,9)10/h2,8-10H,1,3H2,(H,6,7). The lowest BCUT2D eigenvalue weighted by molar-refractivity contribution is -0.305. The smallest absolute Gasteiger partial charge is 0.293 e. The van der Waals surface area contributed by atoms with Gasteiger partial charge in [-0.25, -0.2) is 0 Å². The zero-order valence-electron chi connectivity index (χ0n) is 5.24. The van der Waals surface area contributed by atoms with Crippen LogP contribution in [0.1, 0.15) is 0 Å². The van der Waals surface area contributed by atoms with E-state index in [4.69, 9.17) is 15.3 Å². The molecule has 0 aromatic heterocycles. The molecule has 0 aliphatic carbocycles. The summed E-state index contributed by atoms with van der Waals surface area (Å²) in [6.07, 6.45) is 0.950. The lowest BCUT2D eigenvalue weighted by atomic mass is 10.5. The molecule has 5 heteroatoms. The molecule has 0 atom stereocenters. The maximum absolute atomic E-state index is 10.3. The molecule has 0 aliphatic heterocycles. The monoisotopic (exact) mass is 147 g/mol. The first-order valence-electron chi connectivity index (χ1n) is 2.53. The maximum atomic E-state index is 10.3. The van der Waals surface area contributed by atoms with Crippen molar-refractivity contribution in [1.82, 2.24) is 5.32 Å². The van der Waals surface area contributed by atoms with Crippen molar-refractivity contribution in [3.8, 4) is 0 Å². The van der Waals surface area contributed by atoms with Crippen LogP contribution < -0.4 is 5.32 Å². The van der Waals surface area contributed by atoms with Crippen LogP contribution in [0.15, 0.2) is 12.7 Å². The van der Waals surface area contributed by atoms with Gasteiger partial charge >= 0.3 is 0 Å². The summed E-state index contributed by atoms with van der Waals surface area (Å²) < 4.78 is 0. The Kier molecular flexibility index (Phi) is 3.01. The van der Waals surface area contributed by atoms with Crippen molar-refractivity contribution in [3.63, 3.8) is 0 Å². The van der Waals surface area contributed by atoms with Gasteiger partial charge in [-0.2, -0.15) is 0 Å². The predicted octanol–water partition coefficient (Wildman–Crippen LogP) is -2.08. The Morgan fingerprint density at radius 3 is 2.40 bits per heavy atom. The van der Waals surface area contributed by atoms with E-state index in [9.17, 15) is 4.79 Å². The minimum Gasteiger partial charge on any atom is -0.344 e. The number of rotatable bonds is 3. The molecule has 0 aromatic carbocycles. The highest BCUT2D eigenvalue weighted by Crippen LogP contribution is 1.87. The normalized spacial score (nSPS) is 10.7. The van der Waals surface area contributed by atoms with Crippen LogP contribution in [0.4, 0.5) is 0 Å². The Morgan fingerprint density at radius 2 is 2.10 bits per heavy atom. The highest BCUT2D eigenvalue weighted by atomic mass is 16.7. The summed E-state index contributed by atoms with van der Waals surface area (Å²) in [6.45, 7) is 2.46. The number of nitrogens with one attached hydrogen (secondary N) is 1. The number of carbonyl (C=O) groups excluding carboxylic acids is 1. The number of hydrogen-bond acceptors (Lipinski definition) is 4. The highest BCUT2D eigenvalue weighted by molar-refractivity contribution is 5.86. The van der Waals surface area contributed by atoms with E-state index < -0.39 is 18.4 Å². The van der Waals surface area contributed by atoms with Gasteiger partial charge in [0.05, 0.1) is 6.54 Å². The first kappa shape index (κ1) is 9.09. The Morgan fingerprint density at radius 1 is 1.60 bits per heavy atom. The summed E-state index contributed by atoms with van der Waals surface area (Å²) >= 11 is 0. The number of amides is 1. The van der Waals surface area contributed by atoms with Gasteiger partial charge in [0, 0.05) is 0 Å². The molecule has 1 amide bonds. The quantitative estimate of drug-likeness (QED) is 0.272. The van der Waals surface area contributed by atoms with E-state index >= 15 is 0 Å². The van der Waals surface area contributed by atoms with Crippen LogP contribution in [0.3, 0.4) is 0 Å².